The van der Waals surface area contributed by atoms with E-state index in [1.165, 1.54) is 42.5 Å². The molecule has 0 unspecified atom stereocenters. The van der Waals surface area contributed by atoms with E-state index in [1.54, 1.807) is 32.0 Å². The molecule has 1 aliphatic rings. The summed E-state index contributed by atoms with van der Waals surface area (Å²) in [6.45, 7) is 3.85. The molecule has 16 heteroatoms. The summed E-state index contributed by atoms with van der Waals surface area (Å²) in [7, 11) is -8.96. The van der Waals surface area contributed by atoms with Crippen molar-refractivity contribution in [3.63, 3.8) is 0 Å². The van der Waals surface area contributed by atoms with Gasteiger partial charge in [0, 0.05) is 25.1 Å². The Hall–Kier alpha value is -3.92. The first-order valence-corrected chi connectivity index (χ1v) is 15.3. The van der Waals surface area contributed by atoms with E-state index in [0.717, 1.165) is 4.31 Å². The van der Waals surface area contributed by atoms with Gasteiger partial charge in [0.2, 0.25) is 12.8 Å². The lowest BCUT2D eigenvalue weighted by Gasteiger charge is -2.24. The van der Waals surface area contributed by atoms with Crippen LogP contribution in [0.5, 0.6) is 23.0 Å². The fraction of sp³-hybridized carbons (Fsp3) is 0.269. The van der Waals surface area contributed by atoms with Crippen molar-refractivity contribution in [1.82, 2.24) is 5.48 Å². The second kappa shape index (κ2) is 13.8. The quantitative estimate of drug-likeness (QED) is 0.0818. The second-order valence-corrected chi connectivity index (χ2v) is 12.1. The highest BCUT2D eigenvalue weighted by Crippen LogP contribution is 2.38. The number of nitrogens with zero attached hydrogens (tertiary/aromatic N) is 1. The Morgan fingerprint density at radius 3 is 2.38 bits per heavy atom. The normalized spacial score (nSPS) is 12.2. The number of nitrogens with two attached hydrogens (primary N) is 1. The molecule has 42 heavy (non-hydrogen) atoms. The third-order valence-corrected chi connectivity index (χ3v) is 9.09. The van der Waals surface area contributed by atoms with Crippen molar-refractivity contribution in [2.45, 2.75) is 30.1 Å². The van der Waals surface area contributed by atoms with Gasteiger partial charge in [-0.05, 0) is 55.8 Å². The Morgan fingerprint density at radius 1 is 0.976 bits per heavy atom. The van der Waals surface area contributed by atoms with Crippen LogP contribution >= 0.6 is 12.4 Å². The predicted molar refractivity (Wildman–Crippen MR) is 157 cm³/mol. The molecule has 228 valence electrons. The largest absolute Gasteiger partial charge is 0.493 e. The minimum Gasteiger partial charge on any atom is -0.493 e. The van der Waals surface area contributed by atoms with Gasteiger partial charge < -0.3 is 24.1 Å². The molecule has 0 radical (unpaired) electrons. The molecule has 0 fully saturated rings. The number of anilines is 1. The average molecular weight is 643 g/mol. The summed E-state index contributed by atoms with van der Waals surface area (Å²) in [5.41, 5.74) is 8.28. The van der Waals surface area contributed by atoms with Gasteiger partial charge in [0.15, 0.2) is 11.5 Å². The highest BCUT2D eigenvalue weighted by atomic mass is 35.5. The summed E-state index contributed by atoms with van der Waals surface area (Å²) in [5.74, 6) is 0.842. The van der Waals surface area contributed by atoms with Crippen molar-refractivity contribution in [1.29, 1.82) is 5.41 Å². The Balaban J connectivity index is 0.00000484. The van der Waals surface area contributed by atoms with Crippen LogP contribution in [0.25, 0.3) is 0 Å². The summed E-state index contributed by atoms with van der Waals surface area (Å²) in [5, 5.41) is 7.03. The zero-order valence-electron chi connectivity index (χ0n) is 22.7. The van der Waals surface area contributed by atoms with Crippen molar-refractivity contribution in [3.8, 4) is 23.0 Å². The lowest BCUT2D eigenvalue weighted by molar-refractivity contribution is 0.0733. The van der Waals surface area contributed by atoms with Crippen molar-refractivity contribution in [2.24, 2.45) is 5.73 Å². The van der Waals surface area contributed by atoms with Gasteiger partial charge in [0.1, 0.15) is 21.3 Å². The maximum atomic E-state index is 13.8. The molecule has 0 aliphatic carbocycles. The number of rotatable bonds is 13. The van der Waals surface area contributed by atoms with E-state index in [-0.39, 0.29) is 56.4 Å². The molecule has 1 heterocycles. The summed E-state index contributed by atoms with van der Waals surface area (Å²) in [6.07, 6.45) is 0.450. The standard InChI is InChI=1S/C26H30N4O9S2.ClH/c1-3-30(19-9-10-22-23(15-19)37-17-36-22)40(31,32)24-7-4-5-8-25(24)41(33,34)39-21-14-18(2)13-20(16-21)35-11-6-12-38-29-26(27)28;/h4-5,7-10,13-16H,3,6,11-12,17H2,1-2H3,(H4,27,28,29);1H. The first-order valence-electron chi connectivity index (χ1n) is 12.4. The first-order chi connectivity index (χ1) is 19.5. The third-order valence-electron chi connectivity index (χ3n) is 5.69. The molecule has 3 aromatic carbocycles. The molecule has 3 aromatic rings. The molecule has 0 bridgehead atoms. The van der Waals surface area contributed by atoms with Gasteiger partial charge in [0.05, 0.1) is 18.9 Å². The van der Waals surface area contributed by atoms with Crippen LogP contribution in [0.3, 0.4) is 0 Å². The lowest BCUT2D eigenvalue weighted by Crippen LogP contribution is -2.32. The molecule has 0 atom stereocenters. The zero-order chi connectivity index (χ0) is 29.6. The van der Waals surface area contributed by atoms with Crippen molar-refractivity contribution < 1.29 is 40.1 Å². The second-order valence-electron chi connectivity index (χ2n) is 8.74. The minimum absolute atomic E-state index is 0. The topological polar surface area (TPSA) is 180 Å². The van der Waals surface area contributed by atoms with Crippen LogP contribution < -0.4 is 33.9 Å². The van der Waals surface area contributed by atoms with E-state index in [9.17, 15) is 16.8 Å². The van der Waals surface area contributed by atoms with Gasteiger partial charge in [-0.1, -0.05) is 12.1 Å². The summed E-state index contributed by atoms with van der Waals surface area (Å²) in [6, 6.07) is 14.5. The van der Waals surface area contributed by atoms with Crippen molar-refractivity contribution in [2.75, 3.05) is 30.9 Å². The molecule has 0 amide bonds. The number of fused-ring (bicyclic) bond motifs is 1. The maximum Gasteiger partial charge on any atom is 0.340 e. The average Bonchev–Trinajstić information content (AvgIpc) is 3.38. The van der Waals surface area contributed by atoms with E-state index < -0.39 is 29.9 Å². The van der Waals surface area contributed by atoms with Crippen LogP contribution in [-0.4, -0.2) is 49.3 Å². The number of hydrogen-bond donors (Lipinski definition) is 3. The number of sulfonamides is 1. The Kier molecular flexibility index (Phi) is 10.7. The maximum absolute atomic E-state index is 13.8. The van der Waals surface area contributed by atoms with Gasteiger partial charge in [0.25, 0.3) is 10.0 Å². The van der Waals surface area contributed by atoms with Crippen LogP contribution in [0.2, 0.25) is 0 Å². The van der Waals surface area contributed by atoms with Crippen LogP contribution in [0.15, 0.2) is 70.5 Å². The Labute approximate surface area is 250 Å². The predicted octanol–water partition coefficient (Wildman–Crippen LogP) is 3.31. The molecule has 0 spiro atoms. The molecule has 1 aliphatic heterocycles. The van der Waals surface area contributed by atoms with E-state index in [4.69, 9.17) is 34.4 Å². The fourth-order valence-corrected chi connectivity index (χ4v) is 7.15. The van der Waals surface area contributed by atoms with Gasteiger partial charge in [-0.15, -0.1) is 12.4 Å². The summed E-state index contributed by atoms with van der Waals surface area (Å²) < 4.78 is 77.3. The smallest absolute Gasteiger partial charge is 0.340 e. The van der Waals surface area contributed by atoms with Crippen LogP contribution in [0, 0.1) is 12.3 Å². The van der Waals surface area contributed by atoms with Crippen molar-refractivity contribution in [3.05, 3.63) is 66.2 Å². The molecular formula is C26H31ClN4O9S2. The fourth-order valence-electron chi connectivity index (χ4n) is 3.99. The summed E-state index contributed by atoms with van der Waals surface area (Å²) >= 11 is 0. The Bertz CT molecular complexity index is 1640. The Morgan fingerprint density at radius 2 is 1.67 bits per heavy atom. The van der Waals surface area contributed by atoms with Crippen LogP contribution in [0.4, 0.5) is 5.69 Å². The number of hydrogen-bond acceptors (Lipinski definition) is 10. The number of aryl methyl sites for hydroxylation is 1. The molecule has 0 saturated heterocycles. The van der Waals surface area contributed by atoms with Gasteiger partial charge in [-0.3, -0.25) is 14.6 Å². The van der Waals surface area contributed by atoms with E-state index in [0.29, 0.717) is 29.2 Å². The highest BCUT2D eigenvalue weighted by Gasteiger charge is 2.33. The molecular weight excluding hydrogens is 612 g/mol. The minimum atomic E-state index is -4.60. The van der Waals surface area contributed by atoms with Crippen LogP contribution in [0.1, 0.15) is 18.9 Å². The van der Waals surface area contributed by atoms with Crippen LogP contribution in [-0.2, 0) is 25.0 Å². The van der Waals surface area contributed by atoms with Gasteiger partial charge in [-0.25, -0.2) is 13.9 Å². The number of nitrogens with one attached hydrogen (secondary N) is 2. The van der Waals surface area contributed by atoms with E-state index in [2.05, 4.69) is 5.48 Å². The lowest BCUT2D eigenvalue weighted by atomic mass is 10.2. The van der Waals surface area contributed by atoms with Gasteiger partial charge in [-0.2, -0.15) is 8.42 Å². The number of halogens is 1. The SMILES string of the molecule is CCN(c1ccc2c(c1)OCO2)S(=O)(=O)c1ccccc1S(=O)(=O)Oc1cc(C)cc(OCCCONC(=N)N)c1.Cl. The molecule has 13 nitrogen and oxygen atoms in total. The van der Waals surface area contributed by atoms with E-state index in [1.807, 2.05) is 0 Å². The third kappa shape index (κ3) is 7.67. The highest BCUT2D eigenvalue weighted by molar-refractivity contribution is 7.94. The number of ether oxygens (including phenoxy) is 3. The first kappa shape index (κ1) is 32.6. The zero-order valence-corrected chi connectivity index (χ0v) is 25.2. The molecule has 0 saturated carbocycles. The van der Waals surface area contributed by atoms with E-state index >= 15 is 0 Å². The van der Waals surface area contributed by atoms with Gasteiger partial charge >= 0.3 is 10.1 Å². The number of hydroxylamine groups is 1. The number of guanidine groups is 1. The van der Waals surface area contributed by atoms with Crippen molar-refractivity contribution >= 4 is 44.2 Å². The molecule has 0 aromatic heterocycles. The number of benzene rings is 3. The molecule has 4 rings (SSSR count). The molecule has 4 N–H and O–H groups in total. The summed E-state index contributed by atoms with van der Waals surface area (Å²) in [4.78, 5) is 4.00. The monoisotopic (exact) mass is 642 g/mol.